The zero-order valence-corrected chi connectivity index (χ0v) is 9.49. The van der Waals surface area contributed by atoms with Gasteiger partial charge in [-0.25, -0.2) is 0 Å². The number of hydrogen-bond acceptors (Lipinski definition) is 2. The number of aromatic nitrogens is 1. The van der Waals surface area contributed by atoms with E-state index in [1.165, 1.54) is 0 Å². The Morgan fingerprint density at radius 2 is 1.86 bits per heavy atom. The van der Waals surface area contributed by atoms with Crippen LogP contribution >= 0.6 is 0 Å². The first-order chi connectivity index (χ1) is 6.34. The van der Waals surface area contributed by atoms with Crippen molar-refractivity contribution < 1.29 is 0 Å². The van der Waals surface area contributed by atoms with Crippen molar-refractivity contribution in [3.63, 3.8) is 0 Å². The molecule has 0 saturated carbocycles. The molecule has 1 aromatic heterocycles. The lowest BCUT2D eigenvalue weighted by Crippen LogP contribution is -2.44. The lowest BCUT2D eigenvalue weighted by Gasteiger charge is -2.32. The van der Waals surface area contributed by atoms with Gasteiger partial charge in [-0.15, -0.1) is 0 Å². The van der Waals surface area contributed by atoms with E-state index < -0.39 is 0 Å². The SMILES string of the molecule is Cn1cccc1C(N)C(N)C(C)(C)C. The van der Waals surface area contributed by atoms with Gasteiger partial charge in [-0.2, -0.15) is 0 Å². The molecule has 0 aliphatic heterocycles. The number of rotatable bonds is 2. The largest absolute Gasteiger partial charge is 0.353 e. The topological polar surface area (TPSA) is 57.0 Å². The van der Waals surface area contributed by atoms with Crippen LogP contribution in [0.2, 0.25) is 0 Å². The molecule has 0 bridgehead atoms. The Morgan fingerprint density at radius 1 is 1.29 bits per heavy atom. The molecule has 1 aromatic rings. The molecule has 0 aliphatic carbocycles. The van der Waals surface area contributed by atoms with Crippen LogP contribution in [0.3, 0.4) is 0 Å². The molecule has 0 radical (unpaired) electrons. The number of hydrogen-bond donors (Lipinski definition) is 2. The van der Waals surface area contributed by atoms with Gasteiger partial charge in [-0.05, 0) is 17.5 Å². The average Bonchev–Trinajstić information content (AvgIpc) is 2.47. The standard InChI is InChI=1S/C11H21N3/c1-11(2,3)10(13)9(12)8-6-5-7-14(8)4/h5-7,9-10H,12-13H2,1-4H3. The molecule has 14 heavy (non-hydrogen) atoms. The van der Waals surface area contributed by atoms with Crippen molar-refractivity contribution in [2.24, 2.45) is 23.9 Å². The molecule has 3 nitrogen and oxygen atoms in total. The summed E-state index contributed by atoms with van der Waals surface area (Å²) >= 11 is 0. The van der Waals surface area contributed by atoms with Gasteiger partial charge in [0.15, 0.2) is 0 Å². The summed E-state index contributed by atoms with van der Waals surface area (Å²) < 4.78 is 2.02. The summed E-state index contributed by atoms with van der Waals surface area (Å²) in [4.78, 5) is 0. The Bertz CT molecular complexity index is 296. The normalized spacial score (nSPS) is 16.7. The summed E-state index contributed by atoms with van der Waals surface area (Å²) in [7, 11) is 1.99. The highest BCUT2D eigenvalue weighted by Crippen LogP contribution is 2.26. The van der Waals surface area contributed by atoms with Crippen LogP contribution < -0.4 is 11.5 Å². The average molecular weight is 195 g/mol. The van der Waals surface area contributed by atoms with E-state index in [4.69, 9.17) is 11.5 Å². The molecule has 2 unspecified atom stereocenters. The zero-order chi connectivity index (χ0) is 10.9. The van der Waals surface area contributed by atoms with E-state index in [-0.39, 0.29) is 17.5 Å². The fraction of sp³-hybridized carbons (Fsp3) is 0.636. The highest BCUT2D eigenvalue weighted by Gasteiger charge is 2.28. The Balaban J connectivity index is 2.86. The van der Waals surface area contributed by atoms with Crippen molar-refractivity contribution in [2.75, 3.05) is 0 Å². The lowest BCUT2D eigenvalue weighted by atomic mass is 9.82. The molecule has 1 rings (SSSR count). The van der Waals surface area contributed by atoms with Gasteiger partial charge >= 0.3 is 0 Å². The van der Waals surface area contributed by atoms with Gasteiger partial charge in [-0.1, -0.05) is 20.8 Å². The second-order valence-corrected chi connectivity index (χ2v) is 4.96. The Labute approximate surface area is 86.1 Å². The molecule has 0 amide bonds. The summed E-state index contributed by atoms with van der Waals surface area (Å²) in [6.45, 7) is 6.33. The van der Waals surface area contributed by atoms with E-state index in [1.54, 1.807) is 0 Å². The Hall–Kier alpha value is -0.800. The van der Waals surface area contributed by atoms with E-state index in [9.17, 15) is 0 Å². The summed E-state index contributed by atoms with van der Waals surface area (Å²) in [5, 5.41) is 0. The van der Waals surface area contributed by atoms with Crippen molar-refractivity contribution in [2.45, 2.75) is 32.9 Å². The van der Waals surface area contributed by atoms with E-state index in [1.807, 2.05) is 29.9 Å². The highest BCUT2D eigenvalue weighted by molar-refractivity contribution is 5.14. The molecule has 80 valence electrons. The molecule has 1 heterocycles. The van der Waals surface area contributed by atoms with Crippen LogP contribution in [0.25, 0.3) is 0 Å². The molecule has 4 N–H and O–H groups in total. The smallest absolute Gasteiger partial charge is 0.0608 e. The van der Waals surface area contributed by atoms with Gasteiger partial charge in [0, 0.05) is 25.0 Å². The van der Waals surface area contributed by atoms with Crippen molar-refractivity contribution >= 4 is 0 Å². The van der Waals surface area contributed by atoms with Crippen LogP contribution in [0.5, 0.6) is 0 Å². The minimum atomic E-state index is -0.102. The second kappa shape index (κ2) is 3.75. The van der Waals surface area contributed by atoms with Crippen LogP contribution in [-0.4, -0.2) is 10.6 Å². The lowest BCUT2D eigenvalue weighted by molar-refractivity contribution is 0.278. The molecular weight excluding hydrogens is 174 g/mol. The van der Waals surface area contributed by atoms with Crippen molar-refractivity contribution in [3.05, 3.63) is 24.0 Å². The van der Waals surface area contributed by atoms with Crippen LogP contribution in [0, 0.1) is 5.41 Å². The fourth-order valence-corrected chi connectivity index (χ4v) is 1.54. The monoisotopic (exact) mass is 195 g/mol. The van der Waals surface area contributed by atoms with Gasteiger partial charge < -0.3 is 16.0 Å². The molecule has 2 atom stereocenters. The number of nitrogens with zero attached hydrogens (tertiary/aromatic N) is 1. The highest BCUT2D eigenvalue weighted by atomic mass is 15.0. The predicted molar refractivity (Wildman–Crippen MR) is 59.8 cm³/mol. The van der Waals surface area contributed by atoms with E-state index in [2.05, 4.69) is 20.8 Å². The summed E-state index contributed by atoms with van der Waals surface area (Å²) in [5.74, 6) is 0. The summed E-state index contributed by atoms with van der Waals surface area (Å²) in [6.07, 6.45) is 1.99. The first kappa shape index (κ1) is 11.3. The van der Waals surface area contributed by atoms with E-state index in [0.29, 0.717) is 0 Å². The molecule has 0 aliphatic rings. The van der Waals surface area contributed by atoms with Gasteiger partial charge in [-0.3, -0.25) is 0 Å². The van der Waals surface area contributed by atoms with Crippen LogP contribution in [0.1, 0.15) is 32.5 Å². The number of nitrogens with two attached hydrogens (primary N) is 2. The Kier molecular flexibility index (Phi) is 3.02. The van der Waals surface area contributed by atoms with Crippen LogP contribution in [0.4, 0.5) is 0 Å². The zero-order valence-electron chi connectivity index (χ0n) is 9.49. The minimum absolute atomic E-state index is 0.0314. The maximum atomic E-state index is 6.12. The van der Waals surface area contributed by atoms with Crippen LogP contribution in [0.15, 0.2) is 18.3 Å². The van der Waals surface area contributed by atoms with Crippen molar-refractivity contribution in [1.29, 1.82) is 0 Å². The molecule has 0 spiro atoms. The predicted octanol–water partition coefficient (Wildman–Crippen LogP) is 1.40. The van der Waals surface area contributed by atoms with Gasteiger partial charge in [0.1, 0.15) is 0 Å². The maximum absolute atomic E-state index is 6.12. The number of aryl methyl sites for hydroxylation is 1. The fourth-order valence-electron chi connectivity index (χ4n) is 1.54. The molecule has 0 saturated heterocycles. The van der Waals surface area contributed by atoms with Gasteiger partial charge in [0.25, 0.3) is 0 Å². The first-order valence-corrected chi connectivity index (χ1v) is 4.96. The first-order valence-electron chi connectivity index (χ1n) is 4.96. The molecule has 0 fully saturated rings. The minimum Gasteiger partial charge on any atom is -0.353 e. The quantitative estimate of drug-likeness (QED) is 0.749. The maximum Gasteiger partial charge on any atom is 0.0608 e. The third kappa shape index (κ3) is 2.16. The van der Waals surface area contributed by atoms with Gasteiger partial charge in [0.2, 0.25) is 0 Å². The third-order valence-corrected chi connectivity index (χ3v) is 2.71. The second-order valence-electron chi connectivity index (χ2n) is 4.96. The van der Waals surface area contributed by atoms with E-state index in [0.717, 1.165) is 5.69 Å². The molecular formula is C11H21N3. The van der Waals surface area contributed by atoms with Crippen LogP contribution in [-0.2, 0) is 7.05 Å². The van der Waals surface area contributed by atoms with Gasteiger partial charge in [0.05, 0.1) is 6.04 Å². The third-order valence-electron chi connectivity index (χ3n) is 2.71. The van der Waals surface area contributed by atoms with E-state index >= 15 is 0 Å². The summed E-state index contributed by atoms with van der Waals surface area (Å²) in [6, 6.07) is 3.88. The molecule has 0 aromatic carbocycles. The Morgan fingerprint density at radius 3 is 2.21 bits per heavy atom. The molecule has 3 heteroatoms. The summed E-state index contributed by atoms with van der Waals surface area (Å²) in [5.41, 5.74) is 13.4. The van der Waals surface area contributed by atoms with Crippen molar-refractivity contribution in [3.8, 4) is 0 Å². The van der Waals surface area contributed by atoms with Crippen molar-refractivity contribution in [1.82, 2.24) is 4.57 Å².